The quantitative estimate of drug-likeness (QED) is 0.589. The number of hydrogen-bond donors (Lipinski definition) is 0. The first kappa shape index (κ1) is 11.1. The molecular formula is C11H19IO2. The summed E-state index contributed by atoms with van der Waals surface area (Å²) in [6.07, 6.45) is 5.40. The van der Waals surface area contributed by atoms with Crippen LogP contribution in [0.1, 0.15) is 32.6 Å². The molecule has 3 heteroatoms. The molecule has 2 saturated heterocycles. The van der Waals surface area contributed by atoms with Crippen molar-refractivity contribution in [1.82, 2.24) is 0 Å². The van der Waals surface area contributed by atoms with Gasteiger partial charge in [-0.25, -0.2) is 0 Å². The largest absolute Gasteiger partial charge is 0.381 e. The Bertz CT molecular complexity index is 192. The summed E-state index contributed by atoms with van der Waals surface area (Å²) < 4.78 is 12.6. The summed E-state index contributed by atoms with van der Waals surface area (Å²) in [5.74, 6) is 0.743. The Kier molecular flexibility index (Phi) is 3.71. The highest BCUT2D eigenvalue weighted by Gasteiger charge is 2.37. The summed E-state index contributed by atoms with van der Waals surface area (Å²) in [5, 5.41) is 0. The lowest BCUT2D eigenvalue weighted by molar-refractivity contribution is -0.0339. The first-order chi connectivity index (χ1) is 6.72. The van der Waals surface area contributed by atoms with Crippen molar-refractivity contribution >= 4 is 22.6 Å². The van der Waals surface area contributed by atoms with Crippen LogP contribution in [0.25, 0.3) is 0 Å². The van der Waals surface area contributed by atoms with Crippen molar-refractivity contribution in [3.63, 3.8) is 0 Å². The minimum atomic E-state index is 0.147. The van der Waals surface area contributed by atoms with Gasteiger partial charge >= 0.3 is 0 Å². The number of alkyl halides is 1. The second kappa shape index (κ2) is 4.66. The van der Waals surface area contributed by atoms with Crippen LogP contribution in [0.2, 0.25) is 0 Å². The highest BCUT2D eigenvalue weighted by molar-refractivity contribution is 14.1. The molecule has 0 saturated carbocycles. The van der Waals surface area contributed by atoms with Gasteiger partial charge in [0.1, 0.15) is 0 Å². The average molecular weight is 310 g/mol. The maximum atomic E-state index is 6.10. The number of rotatable bonds is 3. The molecule has 3 unspecified atom stereocenters. The molecule has 2 rings (SSSR count). The molecule has 0 aromatic carbocycles. The first-order valence-electron chi connectivity index (χ1n) is 5.53. The van der Waals surface area contributed by atoms with Gasteiger partial charge in [-0.2, -0.15) is 0 Å². The van der Waals surface area contributed by atoms with Crippen LogP contribution in [-0.4, -0.2) is 29.3 Å². The number of halogens is 1. The first-order valence-corrected chi connectivity index (χ1v) is 7.06. The zero-order valence-electron chi connectivity index (χ0n) is 8.80. The van der Waals surface area contributed by atoms with E-state index in [9.17, 15) is 0 Å². The lowest BCUT2D eigenvalue weighted by atomic mass is 9.89. The molecule has 0 aliphatic carbocycles. The SMILES string of the molecule is CC1(CC2CCOC2)CCC(CI)O1. The summed E-state index contributed by atoms with van der Waals surface area (Å²) in [6, 6.07) is 0. The Balaban J connectivity index is 1.83. The van der Waals surface area contributed by atoms with Crippen LogP contribution < -0.4 is 0 Å². The summed E-state index contributed by atoms with van der Waals surface area (Å²) in [4.78, 5) is 0. The molecule has 2 fully saturated rings. The van der Waals surface area contributed by atoms with Crippen LogP contribution in [0.15, 0.2) is 0 Å². The number of hydrogen-bond acceptors (Lipinski definition) is 2. The fraction of sp³-hybridized carbons (Fsp3) is 1.00. The van der Waals surface area contributed by atoms with Crippen LogP contribution in [0.4, 0.5) is 0 Å². The Morgan fingerprint density at radius 2 is 2.29 bits per heavy atom. The third-order valence-electron chi connectivity index (χ3n) is 3.36. The van der Waals surface area contributed by atoms with Crippen LogP contribution in [0, 0.1) is 5.92 Å². The molecule has 0 aromatic heterocycles. The minimum Gasteiger partial charge on any atom is -0.381 e. The predicted octanol–water partition coefficient (Wildman–Crippen LogP) is 2.79. The van der Waals surface area contributed by atoms with E-state index in [0.717, 1.165) is 23.6 Å². The van der Waals surface area contributed by atoms with Gasteiger partial charge in [0.25, 0.3) is 0 Å². The summed E-state index contributed by atoms with van der Waals surface area (Å²) in [7, 11) is 0. The summed E-state index contributed by atoms with van der Waals surface area (Å²) >= 11 is 2.42. The fourth-order valence-corrected chi connectivity index (χ4v) is 3.22. The fourth-order valence-electron chi connectivity index (χ4n) is 2.60. The molecule has 2 nitrogen and oxygen atoms in total. The second-order valence-electron chi connectivity index (χ2n) is 4.82. The molecule has 0 radical (unpaired) electrons. The molecule has 3 atom stereocenters. The molecule has 0 spiro atoms. The lowest BCUT2D eigenvalue weighted by Gasteiger charge is -2.27. The van der Waals surface area contributed by atoms with Gasteiger partial charge in [-0.15, -0.1) is 0 Å². The van der Waals surface area contributed by atoms with Gasteiger partial charge in [0.2, 0.25) is 0 Å². The van der Waals surface area contributed by atoms with Crippen LogP contribution in [-0.2, 0) is 9.47 Å². The van der Waals surface area contributed by atoms with Crippen molar-refractivity contribution in [1.29, 1.82) is 0 Å². The van der Waals surface area contributed by atoms with Crippen molar-refractivity contribution in [2.24, 2.45) is 5.92 Å². The second-order valence-corrected chi connectivity index (χ2v) is 5.70. The van der Waals surface area contributed by atoms with E-state index < -0.39 is 0 Å². The van der Waals surface area contributed by atoms with E-state index in [0.29, 0.717) is 6.10 Å². The van der Waals surface area contributed by atoms with Crippen LogP contribution in [0.5, 0.6) is 0 Å². The predicted molar refractivity (Wildman–Crippen MR) is 64.9 cm³/mol. The number of ether oxygens (including phenoxy) is 2. The van der Waals surface area contributed by atoms with Crippen LogP contribution in [0.3, 0.4) is 0 Å². The third-order valence-corrected chi connectivity index (χ3v) is 4.35. The summed E-state index contributed by atoms with van der Waals surface area (Å²) in [5.41, 5.74) is 0.147. The zero-order valence-corrected chi connectivity index (χ0v) is 11.0. The van der Waals surface area contributed by atoms with Gasteiger partial charge in [-0.1, -0.05) is 22.6 Å². The van der Waals surface area contributed by atoms with E-state index in [2.05, 4.69) is 29.5 Å². The maximum Gasteiger partial charge on any atom is 0.0672 e. The van der Waals surface area contributed by atoms with E-state index in [4.69, 9.17) is 9.47 Å². The van der Waals surface area contributed by atoms with Gasteiger partial charge in [0.15, 0.2) is 0 Å². The Labute approximate surface area is 99.9 Å². The van der Waals surface area contributed by atoms with E-state index in [1.807, 2.05) is 0 Å². The van der Waals surface area contributed by atoms with Crippen molar-refractivity contribution < 1.29 is 9.47 Å². The third kappa shape index (κ3) is 2.61. The van der Waals surface area contributed by atoms with E-state index in [-0.39, 0.29) is 5.60 Å². The molecule has 14 heavy (non-hydrogen) atoms. The highest BCUT2D eigenvalue weighted by atomic mass is 127. The lowest BCUT2D eigenvalue weighted by Crippen LogP contribution is -2.28. The van der Waals surface area contributed by atoms with Crippen molar-refractivity contribution in [3.05, 3.63) is 0 Å². The van der Waals surface area contributed by atoms with Crippen molar-refractivity contribution in [2.45, 2.75) is 44.3 Å². The molecule has 0 aromatic rings. The summed E-state index contributed by atoms with van der Waals surface area (Å²) in [6.45, 7) is 4.18. The molecule has 82 valence electrons. The Hall–Kier alpha value is 0.650. The van der Waals surface area contributed by atoms with Gasteiger partial charge in [0, 0.05) is 17.6 Å². The van der Waals surface area contributed by atoms with Crippen molar-refractivity contribution in [2.75, 3.05) is 17.6 Å². The Morgan fingerprint density at radius 3 is 2.86 bits per heavy atom. The van der Waals surface area contributed by atoms with Gasteiger partial charge < -0.3 is 9.47 Å². The highest BCUT2D eigenvalue weighted by Crippen LogP contribution is 2.37. The molecule has 2 aliphatic heterocycles. The molecule has 2 aliphatic rings. The smallest absolute Gasteiger partial charge is 0.0672 e. The maximum absolute atomic E-state index is 6.10. The van der Waals surface area contributed by atoms with Crippen LogP contribution >= 0.6 is 22.6 Å². The molecule has 0 amide bonds. The monoisotopic (exact) mass is 310 g/mol. The molecule has 0 bridgehead atoms. The van der Waals surface area contributed by atoms with E-state index >= 15 is 0 Å². The van der Waals surface area contributed by atoms with E-state index in [1.165, 1.54) is 25.7 Å². The molecule has 0 N–H and O–H groups in total. The van der Waals surface area contributed by atoms with E-state index in [1.54, 1.807) is 0 Å². The average Bonchev–Trinajstić information content (AvgIpc) is 2.76. The molecular weight excluding hydrogens is 291 g/mol. The van der Waals surface area contributed by atoms with Gasteiger partial charge in [0.05, 0.1) is 11.7 Å². The standard InChI is InChI=1S/C11H19IO2/c1-11(4-2-10(7-12)14-11)6-9-3-5-13-8-9/h9-10H,2-8H2,1H3. The normalized spacial score (nSPS) is 43.3. The van der Waals surface area contributed by atoms with Gasteiger partial charge in [-0.3, -0.25) is 0 Å². The van der Waals surface area contributed by atoms with Crippen molar-refractivity contribution in [3.8, 4) is 0 Å². The minimum absolute atomic E-state index is 0.147. The van der Waals surface area contributed by atoms with Gasteiger partial charge in [-0.05, 0) is 38.5 Å². The Morgan fingerprint density at radius 1 is 1.43 bits per heavy atom. The zero-order chi connectivity index (χ0) is 10.0. The topological polar surface area (TPSA) is 18.5 Å². The molecule has 2 heterocycles.